The Morgan fingerprint density at radius 1 is 0.963 bits per heavy atom. The van der Waals surface area contributed by atoms with Crippen LogP contribution in [0.3, 0.4) is 0 Å². The molecule has 0 unspecified atom stereocenters. The van der Waals surface area contributed by atoms with Crippen molar-refractivity contribution in [2.75, 3.05) is 13.1 Å². The molecule has 1 aromatic carbocycles. The summed E-state index contributed by atoms with van der Waals surface area (Å²) < 4.78 is 4.25. The Labute approximate surface area is 157 Å². The van der Waals surface area contributed by atoms with Crippen LogP contribution in [0.2, 0.25) is 0 Å². The van der Waals surface area contributed by atoms with E-state index < -0.39 is 0 Å². The van der Waals surface area contributed by atoms with E-state index in [0.717, 1.165) is 48.8 Å². The number of pyridine rings is 1. The third kappa shape index (κ3) is 2.47. The molecule has 27 heavy (non-hydrogen) atoms. The number of imidazole rings is 1. The summed E-state index contributed by atoms with van der Waals surface area (Å²) in [6.45, 7) is 3.34. The molecular weight excluding hydrogens is 336 g/mol. The fraction of sp³-hybridized carbons (Fsp3) is 0.381. The Kier molecular flexibility index (Phi) is 3.35. The van der Waals surface area contributed by atoms with Crippen LogP contribution in [0.5, 0.6) is 0 Å². The molecule has 4 heterocycles. The molecule has 1 fully saturated rings. The molecule has 136 valence electrons. The van der Waals surface area contributed by atoms with Crippen molar-refractivity contribution >= 4 is 16.7 Å². The van der Waals surface area contributed by atoms with E-state index >= 15 is 0 Å². The highest BCUT2D eigenvalue weighted by Crippen LogP contribution is 2.29. The summed E-state index contributed by atoms with van der Waals surface area (Å²) in [5, 5.41) is 4.24. The molecule has 4 aromatic rings. The molecule has 6 nitrogen and oxygen atoms in total. The van der Waals surface area contributed by atoms with Gasteiger partial charge in [0.15, 0.2) is 5.65 Å². The average Bonchev–Trinajstić information content (AvgIpc) is 3.20. The van der Waals surface area contributed by atoms with E-state index in [1.165, 1.54) is 36.2 Å². The summed E-state index contributed by atoms with van der Waals surface area (Å²) >= 11 is 0. The number of fused-ring (bicyclic) bond motifs is 4. The second kappa shape index (κ2) is 5.89. The molecule has 1 aliphatic heterocycles. The van der Waals surface area contributed by atoms with Crippen LogP contribution in [0.1, 0.15) is 25.1 Å². The molecule has 6 heteroatoms. The fourth-order valence-corrected chi connectivity index (χ4v) is 4.49. The zero-order chi connectivity index (χ0) is 17.8. The lowest BCUT2D eigenvalue weighted by Crippen LogP contribution is -2.41. The van der Waals surface area contributed by atoms with Gasteiger partial charge in [-0.1, -0.05) is 12.5 Å². The van der Waals surface area contributed by atoms with E-state index in [1.54, 1.807) is 6.33 Å². The second-order valence-electron chi connectivity index (χ2n) is 7.73. The molecule has 0 N–H and O–H groups in total. The van der Waals surface area contributed by atoms with Crippen LogP contribution in [-0.4, -0.2) is 48.2 Å². The van der Waals surface area contributed by atoms with Crippen molar-refractivity contribution in [3.8, 4) is 11.1 Å². The van der Waals surface area contributed by atoms with Gasteiger partial charge in [0.1, 0.15) is 12.2 Å². The molecule has 1 aliphatic carbocycles. The molecule has 0 radical (unpaired) electrons. The zero-order valence-electron chi connectivity index (χ0n) is 15.3. The van der Waals surface area contributed by atoms with Crippen molar-refractivity contribution in [2.24, 2.45) is 0 Å². The van der Waals surface area contributed by atoms with Gasteiger partial charge in [-0.2, -0.15) is 5.10 Å². The third-order valence-electron chi connectivity index (χ3n) is 6.26. The van der Waals surface area contributed by atoms with Gasteiger partial charge in [-0.25, -0.2) is 14.5 Å². The Balaban J connectivity index is 1.35. The van der Waals surface area contributed by atoms with Crippen molar-refractivity contribution in [3.05, 3.63) is 48.7 Å². The summed E-state index contributed by atoms with van der Waals surface area (Å²) in [6, 6.07) is 11.6. The predicted molar refractivity (Wildman–Crippen MR) is 105 cm³/mol. The quantitative estimate of drug-likeness (QED) is 0.552. The van der Waals surface area contributed by atoms with Gasteiger partial charge in [0.05, 0.1) is 11.0 Å². The Bertz CT molecular complexity index is 1140. The normalized spacial score (nSPS) is 18.5. The first-order valence-corrected chi connectivity index (χ1v) is 9.88. The topological polar surface area (TPSA) is 51.2 Å². The van der Waals surface area contributed by atoms with Crippen LogP contribution in [0.4, 0.5) is 0 Å². The minimum Gasteiger partial charge on any atom is -0.327 e. The maximum absolute atomic E-state index is 4.99. The van der Waals surface area contributed by atoms with Crippen molar-refractivity contribution < 1.29 is 0 Å². The number of hydrogen-bond acceptors (Lipinski definition) is 4. The minimum absolute atomic E-state index is 0.819. The molecule has 0 atom stereocenters. The number of hydrogen-bond donors (Lipinski definition) is 0. The van der Waals surface area contributed by atoms with Crippen molar-refractivity contribution in [1.82, 2.24) is 29.0 Å². The Morgan fingerprint density at radius 3 is 2.78 bits per heavy atom. The molecule has 6 rings (SSSR count). The van der Waals surface area contributed by atoms with E-state index in [1.807, 2.05) is 16.8 Å². The average molecular weight is 358 g/mol. The minimum atomic E-state index is 0.819. The van der Waals surface area contributed by atoms with Crippen molar-refractivity contribution in [2.45, 2.75) is 38.3 Å². The molecular formula is C21H22N6. The number of nitrogens with zero attached hydrogens (tertiary/aromatic N) is 6. The first kappa shape index (κ1) is 15.3. The van der Waals surface area contributed by atoms with Crippen LogP contribution in [0.25, 0.3) is 27.8 Å². The van der Waals surface area contributed by atoms with Crippen molar-refractivity contribution in [3.63, 3.8) is 0 Å². The van der Waals surface area contributed by atoms with Gasteiger partial charge in [-0.15, -0.1) is 0 Å². The Hall–Kier alpha value is -2.73. The summed E-state index contributed by atoms with van der Waals surface area (Å²) in [7, 11) is 0. The van der Waals surface area contributed by atoms with Crippen molar-refractivity contribution in [1.29, 1.82) is 0 Å². The standard InChI is InChI=1S/C21H22N6/c1-2-17(3-1)25-9-8-21-24-18-12-15(4-6-19(18)26(21)11-10-25)16-5-7-20-22-14-23-27(20)13-16/h4-7,12-14,17H,1-3,8-11H2. The van der Waals surface area contributed by atoms with Gasteiger partial charge in [0, 0.05) is 43.9 Å². The third-order valence-corrected chi connectivity index (χ3v) is 6.26. The molecule has 1 saturated carbocycles. The lowest BCUT2D eigenvalue weighted by atomic mass is 9.91. The maximum atomic E-state index is 4.99. The van der Waals surface area contributed by atoms with Gasteiger partial charge in [-0.05, 0) is 42.7 Å². The first-order chi connectivity index (χ1) is 13.3. The van der Waals surface area contributed by atoms with E-state index in [2.05, 4.69) is 43.8 Å². The molecule has 2 aliphatic rings. The first-order valence-electron chi connectivity index (χ1n) is 9.88. The predicted octanol–water partition coefficient (Wildman–Crippen LogP) is 3.16. The highest BCUT2D eigenvalue weighted by molar-refractivity contribution is 5.82. The van der Waals surface area contributed by atoms with Gasteiger partial charge in [0.2, 0.25) is 0 Å². The molecule has 3 aromatic heterocycles. The summed E-state index contributed by atoms with van der Waals surface area (Å²) in [5.41, 5.74) is 5.52. The van der Waals surface area contributed by atoms with E-state index in [4.69, 9.17) is 4.98 Å². The van der Waals surface area contributed by atoms with Gasteiger partial charge in [0.25, 0.3) is 0 Å². The van der Waals surface area contributed by atoms with Crippen LogP contribution in [-0.2, 0) is 13.0 Å². The van der Waals surface area contributed by atoms with E-state index in [-0.39, 0.29) is 0 Å². The second-order valence-corrected chi connectivity index (χ2v) is 7.73. The summed E-state index contributed by atoms with van der Waals surface area (Å²) in [4.78, 5) is 11.9. The molecule has 0 spiro atoms. The summed E-state index contributed by atoms with van der Waals surface area (Å²) in [6.07, 6.45) is 8.82. The number of rotatable bonds is 2. The number of benzene rings is 1. The monoisotopic (exact) mass is 358 g/mol. The number of aromatic nitrogens is 5. The van der Waals surface area contributed by atoms with Gasteiger partial charge in [-0.3, -0.25) is 4.90 Å². The maximum Gasteiger partial charge on any atom is 0.155 e. The lowest BCUT2D eigenvalue weighted by molar-refractivity contribution is 0.130. The van der Waals surface area contributed by atoms with E-state index in [0.29, 0.717) is 0 Å². The summed E-state index contributed by atoms with van der Waals surface area (Å²) in [5.74, 6) is 1.23. The SMILES string of the molecule is c1nc2ccc(-c3ccc4c(c3)nc3n4CCN(C4CCC4)CC3)cn2n1. The van der Waals surface area contributed by atoms with Crippen LogP contribution in [0, 0.1) is 0 Å². The van der Waals surface area contributed by atoms with Crippen LogP contribution < -0.4 is 0 Å². The lowest BCUT2D eigenvalue weighted by Gasteiger charge is -2.36. The molecule has 0 saturated heterocycles. The zero-order valence-corrected chi connectivity index (χ0v) is 15.3. The molecule has 0 amide bonds. The molecule has 0 bridgehead atoms. The Morgan fingerprint density at radius 2 is 1.89 bits per heavy atom. The largest absolute Gasteiger partial charge is 0.327 e. The fourth-order valence-electron chi connectivity index (χ4n) is 4.49. The van der Waals surface area contributed by atoms with Crippen LogP contribution in [0.15, 0.2) is 42.9 Å². The van der Waals surface area contributed by atoms with Crippen LogP contribution >= 0.6 is 0 Å². The highest BCUT2D eigenvalue weighted by Gasteiger charge is 2.27. The van der Waals surface area contributed by atoms with Gasteiger partial charge < -0.3 is 4.57 Å². The van der Waals surface area contributed by atoms with E-state index in [9.17, 15) is 0 Å². The smallest absolute Gasteiger partial charge is 0.155 e. The van der Waals surface area contributed by atoms with Gasteiger partial charge >= 0.3 is 0 Å². The highest BCUT2D eigenvalue weighted by atomic mass is 15.3.